The number of nitrogens with two attached hydrogens (primary N) is 1. The van der Waals surface area contributed by atoms with Gasteiger partial charge in [0.1, 0.15) is 5.82 Å². The van der Waals surface area contributed by atoms with E-state index in [1.807, 2.05) is 39.8 Å². The summed E-state index contributed by atoms with van der Waals surface area (Å²) < 4.78 is 43.8. The summed E-state index contributed by atoms with van der Waals surface area (Å²) in [4.78, 5) is 8.53. The lowest BCUT2D eigenvalue weighted by Crippen LogP contribution is -2.15. The first-order valence-electron chi connectivity index (χ1n) is 9.87. The van der Waals surface area contributed by atoms with Crippen LogP contribution in [-0.2, 0) is 16.3 Å². The molecule has 0 aliphatic heterocycles. The van der Waals surface area contributed by atoms with E-state index in [-0.39, 0.29) is 5.95 Å². The molecular formula is C22H29F3N4O. The van der Waals surface area contributed by atoms with Crippen molar-refractivity contribution < 1.29 is 17.9 Å². The first-order chi connectivity index (χ1) is 14.0. The molecule has 0 bridgehead atoms. The van der Waals surface area contributed by atoms with Crippen LogP contribution < -0.4 is 11.1 Å². The standard InChI is InChI=1S/C22H29F3N4O/c1-5-30-14-6-13-27-19-18(15(2)28-20(26)29-19)11-12-21(3,4)16-7-9-17(10-8-16)22(23,24)25/h7-12H,5-6,13-14H2,1-4H3,(H3,26,27,28,29)/b12-11+. The molecule has 0 spiro atoms. The summed E-state index contributed by atoms with van der Waals surface area (Å²) in [5, 5.41) is 3.27. The molecule has 0 unspecified atom stereocenters. The number of benzene rings is 1. The third-order valence-electron chi connectivity index (χ3n) is 4.74. The van der Waals surface area contributed by atoms with Gasteiger partial charge in [-0.2, -0.15) is 18.2 Å². The van der Waals surface area contributed by atoms with E-state index in [1.54, 1.807) is 0 Å². The van der Waals surface area contributed by atoms with E-state index in [2.05, 4.69) is 15.3 Å². The van der Waals surface area contributed by atoms with Crippen LogP contribution in [0, 0.1) is 6.92 Å². The van der Waals surface area contributed by atoms with Crippen LogP contribution in [0.1, 0.15) is 49.6 Å². The van der Waals surface area contributed by atoms with E-state index < -0.39 is 17.2 Å². The van der Waals surface area contributed by atoms with Gasteiger partial charge in [0.15, 0.2) is 0 Å². The van der Waals surface area contributed by atoms with Crippen molar-refractivity contribution in [2.45, 2.75) is 45.7 Å². The third-order valence-corrected chi connectivity index (χ3v) is 4.74. The van der Waals surface area contributed by atoms with Gasteiger partial charge < -0.3 is 15.8 Å². The zero-order chi connectivity index (χ0) is 22.4. The van der Waals surface area contributed by atoms with E-state index in [9.17, 15) is 13.2 Å². The van der Waals surface area contributed by atoms with Crippen molar-refractivity contribution in [3.05, 3.63) is 52.7 Å². The molecule has 2 rings (SSSR count). The Balaban J connectivity index is 2.22. The summed E-state index contributed by atoms with van der Waals surface area (Å²) in [5.74, 6) is 0.801. The molecule has 5 nitrogen and oxygen atoms in total. The van der Waals surface area contributed by atoms with Crippen LogP contribution in [-0.4, -0.2) is 29.7 Å². The average Bonchev–Trinajstić information content (AvgIpc) is 2.66. The highest BCUT2D eigenvalue weighted by Gasteiger charge is 2.30. The molecular weight excluding hydrogens is 393 g/mol. The smallest absolute Gasteiger partial charge is 0.382 e. The molecule has 1 aromatic carbocycles. The number of halogens is 3. The number of ether oxygens (including phenoxy) is 1. The lowest BCUT2D eigenvalue weighted by atomic mass is 9.83. The van der Waals surface area contributed by atoms with Crippen LogP contribution in [0.2, 0.25) is 0 Å². The number of aryl methyl sites for hydroxylation is 1. The van der Waals surface area contributed by atoms with Crippen molar-refractivity contribution in [2.24, 2.45) is 0 Å². The average molecular weight is 422 g/mol. The molecule has 1 aromatic heterocycles. The fraction of sp³-hybridized carbons (Fsp3) is 0.455. The van der Waals surface area contributed by atoms with Gasteiger partial charge in [0.05, 0.1) is 11.3 Å². The Morgan fingerprint density at radius 1 is 1.10 bits per heavy atom. The first kappa shape index (κ1) is 23.7. The summed E-state index contributed by atoms with van der Waals surface area (Å²) in [6, 6.07) is 5.22. The molecule has 0 aliphatic rings. The number of alkyl halides is 3. The second-order valence-corrected chi connectivity index (χ2v) is 7.54. The topological polar surface area (TPSA) is 73.1 Å². The molecule has 2 aromatic rings. The predicted octanol–water partition coefficient (Wildman–Crippen LogP) is 5.22. The van der Waals surface area contributed by atoms with Crippen molar-refractivity contribution in [1.82, 2.24) is 9.97 Å². The van der Waals surface area contributed by atoms with Gasteiger partial charge in [-0.25, -0.2) is 4.98 Å². The van der Waals surface area contributed by atoms with Crippen molar-refractivity contribution in [3.63, 3.8) is 0 Å². The molecule has 30 heavy (non-hydrogen) atoms. The van der Waals surface area contributed by atoms with E-state index in [1.165, 1.54) is 12.1 Å². The Hall–Kier alpha value is -2.61. The number of nitrogens with one attached hydrogen (secondary N) is 1. The molecule has 0 amide bonds. The van der Waals surface area contributed by atoms with Gasteiger partial charge in [0.2, 0.25) is 5.95 Å². The summed E-state index contributed by atoms with van der Waals surface area (Å²) in [5.41, 5.74) is 6.92. The third kappa shape index (κ3) is 6.45. The Bertz CT molecular complexity index is 862. The van der Waals surface area contributed by atoms with Crippen molar-refractivity contribution in [2.75, 3.05) is 30.8 Å². The van der Waals surface area contributed by atoms with Gasteiger partial charge in [-0.05, 0) is 38.0 Å². The summed E-state index contributed by atoms with van der Waals surface area (Å²) in [6.07, 6.45) is 0.289. The maximum Gasteiger partial charge on any atom is 0.416 e. The van der Waals surface area contributed by atoms with Crippen LogP contribution >= 0.6 is 0 Å². The monoisotopic (exact) mass is 422 g/mol. The highest BCUT2D eigenvalue weighted by atomic mass is 19.4. The Morgan fingerprint density at radius 2 is 1.73 bits per heavy atom. The highest BCUT2D eigenvalue weighted by Crippen LogP contribution is 2.32. The molecule has 1 heterocycles. The maximum atomic E-state index is 12.8. The van der Waals surface area contributed by atoms with Crippen LogP contribution in [0.4, 0.5) is 24.9 Å². The fourth-order valence-corrected chi connectivity index (χ4v) is 2.94. The number of nitrogens with zero attached hydrogens (tertiary/aromatic N) is 2. The van der Waals surface area contributed by atoms with E-state index in [0.717, 1.165) is 29.7 Å². The summed E-state index contributed by atoms with van der Waals surface area (Å²) in [6.45, 7) is 9.65. The quantitative estimate of drug-likeness (QED) is 0.543. The highest BCUT2D eigenvalue weighted by molar-refractivity contribution is 5.67. The Kier molecular flexibility index (Phi) is 7.83. The number of anilines is 2. The second kappa shape index (κ2) is 9.93. The van der Waals surface area contributed by atoms with Crippen molar-refractivity contribution in [3.8, 4) is 0 Å². The Morgan fingerprint density at radius 3 is 2.33 bits per heavy atom. The summed E-state index contributed by atoms with van der Waals surface area (Å²) >= 11 is 0. The van der Waals surface area contributed by atoms with Crippen LogP contribution in [0.5, 0.6) is 0 Å². The summed E-state index contributed by atoms with van der Waals surface area (Å²) in [7, 11) is 0. The molecule has 8 heteroatoms. The second-order valence-electron chi connectivity index (χ2n) is 7.54. The van der Waals surface area contributed by atoms with Gasteiger partial charge in [-0.3, -0.25) is 0 Å². The zero-order valence-corrected chi connectivity index (χ0v) is 17.8. The number of nitrogen functional groups attached to an aromatic ring is 1. The van der Waals surface area contributed by atoms with Crippen LogP contribution in [0.25, 0.3) is 6.08 Å². The van der Waals surface area contributed by atoms with Gasteiger partial charge in [-0.15, -0.1) is 0 Å². The normalized spacial score (nSPS) is 12.5. The van der Waals surface area contributed by atoms with Gasteiger partial charge in [-0.1, -0.05) is 38.1 Å². The molecule has 0 saturated carbocycles. The maximum absolute atomic E-state index is 12.8. The SMILES string of the molecule is CCOCCCNc1nc(N)nc(C)c1/C=C/C(C)(C)c1ccc(C(F)(F)F)cc1. The van der Waals surface area contributed by atoms with E-state index >= 15 is 0 Å². The molecule has 0 aliphatic carbocycles. The fourth-order valence-electron chi connectivity index (χ4n) is 2.94. The van der Waals surface area contributed by atoms with Crippen LogP contribution in [0.3, 0.4) is 0 Å². The molecule has 0 saturated heterocycles. The molecule has 3 N–H and O–H groups in total. The number of allylic oxidation sites excluding steroid dienone is 1. The number of hydrogen-bond donors (Lipinski definition) is 2. The molecule has 0 radical (unpaired) electrons. The van der Waals surface area contributed by atoms with Gasteiger partial charge >= 0.3 is 6.18 Å². The van der Waals surface area contributed by atoms with Gasteiger partial charge in [0, 0.05) is 30.7 Å². The molecule has 0 fully saturated rings. The van der Waals surface area contributed by atoms with E-state index in [4.69, 9.17) is 10.5 Å². The molecule has 164 valence electrons. The number of hydrogen-bond acceptors (Lipinski definition) is 5. The molecule has 0 atom stereocenters. The zero-order valence-electron chi connectivity index (χ0n) is 17.8. The first-order valence-corrected chi connectivity index (χ1v) is 9.87. The largest absolute Gasteiger partial charge is 0.416 e. The van der Waals surface area contributed by atoms with E-state index in [0.29, 0.717) is 31.3 Å². The predicted molar refractivity (Wildman–Crippen MR) is 114 cm³/mol. The minimum atomic E-state index is -4.35. The minimum absolute atomic E-state index is 0.180. The lowest BCUT2D eigenvalue weighted by molar-refractivity contribution is -0.137. The van der Waals surface area contributed by atoms with Crippen molar-refractivity contribution in [1.29, 1.82) is 0 Å². The van der Waals surface area contributed by atoms with Gasteiger partial charge in [0.25, 0.3) is 0 Å². The van der Waals surface area contributed by atoms with Crippen LogP contribution in [0.15, 0.2) is 30.3 Å². The number of rotatable bonds is 9. The van der Waals surface area contributed by atoms with Crippen molar-refractivity contribution >= 4 is 17.8 Å². The minimum Gasteiger partial charge on any atom is -0.382 e. The number of aromatic nitrogens is 2. The lowest BCUT2D eigenvalue weighted by Gasteiger charge is -2.22. The Labute approximate surface area is 175 Å².